The van der Waals surface area contributed by atoms with Gasteiger partial charge in [0.2, 0.25) is 15.9 Å². The van der Waals surface area contributed by atoms with E-state index in [4.69, 9.17) is 5.11 Å². The number of hydrogen-bond donors (Lipinski definition) is 3. The first-order chi connectivity index (χ1) is 9.26. The topological polar surface area (TPSA) is 113 Å². The number of aliphatic carboxylic acids is 1. The van der Waals surface area contributed by atoms with Gasteiger partial charge in [0, 0.05) is 11.4 Å². The molecule has 0 aliphatic heterocycles. The largest absolute Gasteiger partial charge is 0.481 e. The van der Waals surface area contributed by atoms with E-state index in [1.807, 2.05) is 0 Å². The van der Waals surface area contributed by atoms with Gasteiger partial charge in [-0.15, -0.1) is 11.8 Å². The number of hydrogen-bond acceptors (Lipinski definition) is 5. The Hall–Kier alpha value is -1.74. The monoisotopic (exact) mass is 318 g/mol. The number of carboxylic acids is 1. The van der Waals surface area contributed by atoms with Gasteiger partial charge in [-0.25, -0.2) is 8.42 Å². The summed E-state index contributed by atoms with van der Waals surface area (Å²) in [6.07, 6.45) is 1.04. The molecule has 0 aliphatic rings. The third-order valence-electron chi connectivity index (χ3n) is 1.93. The Bertz CT molecular complexity index is 583. The van der Waals surface area contributed by atoms with Crippen molar-refractivity contribution in [2.24, 2.45) is 0 Å². The van der Waals surface area contributed by atoms with Crippen molar-refractivity contribution in [1.29, 1.82) is 0 Å². The zero-order valence-electron chi connectivity index (χ0n) is 10.6. The molecule has 0 saturated carbocycles. The van der Waals surface area contributed by atoms with Crippen molar-refractivity contribution in [2.75, 3.05) is 27.8 Å². The third-order valence-corrected chi connectivity index (χ3v) is 3.45. The summed E-state index contributed by atoms with van der Waals surface area (Å²) in [4.78, 5) is 21.8. The second-order valence-corrected chi connectivity index (χ2v) is 6.62. The van der Waals surface area contributed by atoms with Gasteiger partial charge in [-0.05, 0) is 24.3 Å². The number of thioether (sulfide) groups is 1. The molecular formula is C11H14N2O5S2. The molecular weight excluding hydrogens is 304 g/mol. The predicted octanol–water partition coefficient (Wildman–Crippen LogP) is 0.814. The number of carboxylic acid groups (broad SMARTS) is 1. The summed E-state index contributed by atoms with van der Waals surface area (Å²) in [5, 5.41) is 11.0. The van der Waals surface area contributed by atoms with Crippen LogP contribution in [0.4, 0.5) is 11.4 Å². The van der Waals surface area contributed by atoms with Crippen LogP contribution in [-0.4, -0.2) is 43.2 Å². The molecule has 110 valence electrons. The zero-order chi connectivity index (χ0) is 15.2. The lowest BCUT2D eigenvalue weighted by atomic mass is 10.3. The van der Waals surface area contributed by atoms with Crippen LogP contribution in [0.2, 0.25) is 0 Å². The van der Waals surface area contributed by atoms with Crippen molar-refractivity contribution in [3.8, 4) is 0 Å². The molecule has 0 fully saturated rings. The number of anilines is 2. The van der Waals surface area contributed by atoms with Crippen LogP contribution < -0.4 is 10.0 Å². The number of rotatable bonds is 7. The zero-order valence-corrected chi connectivity index (χ0v) is 12.3. The second-order valence-electron chi connectivity index (χ2n) is 3.89. The van der Waals surface area contributed by atoms with Gasteiger partial charge in [0.1, 0.15) is 0 Å². The van der Waals surface area contributed by atoms with E-state index >= 15 is 0 Å². The third kappa shape index (κ3) is 7.00. The molecule has 7 nitrogen and oxygen atoms in total. The average molecular weight is 318 g/mol. The summed E-state index contributed by atoms with van der Waals surface area (Å²) in [6.45, 7) is 0. The van der Waals surface area contributed by atoms with Crippen molar-refractivity contribution < 1.29 is 23.1 Å². The highest BCUT2D eigenvalue weighted by Crippen LogP contribution is 2.14. The van der Waals surface area contributed by atoms with Gasteiger partial charge in [0.25, 0.3) is 0 Å². The Kier molecular flexibility index (Phi) is 5.83. The molecule has 0 spiro atoms. The van der Waals surface area contributed by atoms with Crippen molar-refractivity contribution in [3.05, 3.63) is 24.3 Å². The molecule has 0 aliphatic carbocycles. The number of carbonyl (C=O) groups excluding carboxylic acids is 1. The number of amides is 1. The molecule has 0 bridgehead atoms. The number of benzene rings is 1. The summed E-state index contributed by atoms with van der Waals surface area (Å²) in [5.41, 5.74) is 0.899. The first kappa shape index (κ1) is 16.3. The highest BCUT2D eigenvalue weighted by molar-refractivity contribution is 8.00. The summed E-state index contributed by atoms with van der Waals surface area (Å²) >= 11 is 0.996. The van der Waals surface area contributed by atoms with Gasteiger partial charge in [0.15, 0.2) is 0 Å². The molecule has 0 saturated heterocycles. The van der Waals surface area contributed by atoms with E-state index in [1.54, 1.807) is 12.1 Å². The van der Waals surface area contributed by atoms with E-state index in [0.29, 0.717) is 11.4 Å². The maximum absolute atomic E-state index is 11.5. The molecule has 1 aromatic rings. The van der Waals surface area contributed by atoms with Crippen molar-refractivity contribution in [3.63, 3.8) is 0 Å². The number of carbonyl (C=O) groups is 2. The van der Waals surface area contributed by atoms with Crippen LogP contribution >= 0.6 is 11.8 Å². The Morgan fingerprint density at radius 3 is 2.20 bits per heavy atom. The minimum Gasteiger partial charge on any atom is -0.481 e. The van der Waals surface area contributed by atoms with Crippen LogP contribution in [0.1, 0.15) is 0 Å². The van der Waals surface area contributed by atoms with E-state index < -0.39 is 16.0 Å². The SMILES string of the molecule is CS(=O)(=O)Nc1ccc(NC(=O)CSCC(=O)O)cc1. The Labute approximate surface area is 120 Å². The van der Waals surface area contributed by atoms with Crippen LogP contribution in [0.5, 0.6) is 0 Å². The molecule has 20 heavy (non-hydrogen) atoms. The van der Waals surface area contributed by atoms with Gasteiger partial charge in [-0.3, -0.25) is 14.3 Å². The van der Waals surface area contributed by atoms with Crippen molar-refractivity contribution in [2.45, 2.75) is 0 Å². The molecule has 0 unspecified atom stereocenters. The van der Waals surface area contributed by atoms with Gasteiger partial charge < -0.3 is 10.4 Å². The lowest BCUT2D eigenvalue weighted by molar-refractivity contribution is -0.133. The predicted molar refractivity (Wildman–Crippen MR) is 78.5 cm³/mol. The van der Waals surface area contributed by atoms with Crippen LogP contribution in [0.3, 0.4) is 0 Å². The normalized spacial score (nSPS) is 10.8. The lowest BCUT2D eigenvalue weighted by Crippen LogP contribution is -2.15. The molecule has 0 atom stereocenters. The highest BCUT2D eigenvalue weighted by Gasteiger charge is 2.06. The van der Waals surface area contributed by atoms with Crippen LogP contribution in [0.25, 0.3) is 0 Å². The average Bonchev–Trinajstić information content (AvgIpc) is 2.29. The minimum atomic E-state index is -3.33. The van der Waals surface area contributed by atoms with Gasteiger partial charge in [0.05, 0.1) is 17.8 Å². The maximum atomic E-state index is 11.5. The summed E-state index contributed by atoms with van der Waals surface area (Å²) in [7, 11) is -3.33. The Morgan fingerprint density at radius 2 is 1.70 bits per heavy atom. The highest BCUT2D eigenvalue weighted by atomic mass is 32.2. The fourth-order valence-electron chi connectivity index (χ4n) is 1.26. The molecule has 3 N–H and O–H groups in total. The molecule has 1 amide bonds. The molecule has 0 heterocycles. The summed E-state index contributed by atoms with van der Waals surface area (Å²) in [5.74, 6) is -1.39. The van der Waals surface area contributed by atoms with E-state index in [0.717, 1.165) is 18.0 Å². The van der Waals surface area contributed by atoms with Gasteiger partial charge >= 0.3 is 5.97 Å². The van der Waals surface area contributed by atoms with Crippen molar-refractivity contribution in [1.82, 2.24) is 0 Å². The van der Waals surface area contributed by atoms with E-state index in [9.17, 15) is 18.0 Å². The van der Waals surface area contributed by atoms with Crippen LogP contribution in [0, 0.1) is 0 Å². The van der Waals surface area contributed by atoms with Crippen LogP contribution in [-0.2, 0) is 19.6 Å². The lowest BCUT2D eigenvalue weighted by Gasteiger charge is -2.07. The Morgan fingerprint density at radius 1 is 1.15 bits per heavy atom. The molecule has 1 rings (SSSR count). The van der Waals surface area contributed by atoms with E-state index in [2.05, 4.69) is 10.0 Å². The molecule has 1 aromatic carbocycles. The molecule has 0 aromatic heterocycles. The van der Waals surface area contributed by atoms with Gasteiger partial charge in [-0.2, -0.15) is 0 Å². The smallest absolute Gasteiger partial charge is 0.313 e. The van der Waals surface area contributed by atoms with Crippen molar-refractivity contribution >= 4 is 45.0 Å². The Balaban J connectivity index is 2.49. The summed E-state index contributed by atoms with van der Waals surface area (Å²) in [6, 6.07) is 6.13. The van der Waals surface area contributed by atoms with E-state index in [-0.39, 0.29) is 17.4 Å². The van der Waals surface area contributed by atoms with Crippen LogP contribution in [0.15, 0.2) is 24.3 Å². The number of nitrogens with one attached hydrogen (secondary N) is 2. The summed E-state index contributed by atoms with van der Waals surface area (Å²) < 4.78 is 24.3. The standard InChI is InChI=1S/C11H14N2O5S2/c1-20(17,18)13-9-4-2-8(3-5-9)12-10(14)6-19-7-11(15)16/h2-5,13H,6-7H2,1H3,(H,12,14)(H,15,16). The van der Waals surface area contributed by atoms with Gasteiger partial charge in [-0.1, -0.05) is 0 Å². The van der Waals surface area contributed by atoms with E-state index in [1.165, 1.54) is 12.1 Å². The second kappa shape index (κ2) is 7.15. The fourth-order valence-corrected chi connectivity index (χ4v) is 2.36. The number of sulfonamides is 1. The molecule has 9 heteroatoms. The first-order valence-corrected chi connectivity index (χ1v) is 8.48. The molecule has 0 radical (unpaired) electrons. The minimum absolute atomic E-state index is 0.0373. The first-order valence-electron chi connectivity index (χ1n) is 5.43. The quantitative estimate of drug-likeness (QED) is 0.686. The maximum Gasteiger partial charge on any atom is 0.313 e. The fraction of sp³-hybridized carbons (Fsp3) is 0.273.